The average molecular weight is 1760 g/mol. The summed E-state index contributed by atoms with van der Waals surface area (Å²) in [4.78, 5) is 32.0. The summed E-state index contributed by atoms with van der Waals surface area (Å²) in [6.07, 6.45) is 0. The van der Waals surface area contributed by atoms with E-state index in [9.17, 15) is 0 Å². The average Bonchev–Trinajstić information content (AvgIpc) is 0.708. The van der Waals surface area contributed by atoms with Crippen LogP contribution in [0.4, 0.5) is 148 Å². The van der Waals surface area contributed by atoms with E-state index in [1.165, 1.54) is 274 Å². The van der Waals surface area contributed by atoms with Crippen molar-refractivity contribution in [3.63, 3.8) is 0 Å². The van der Waals surface area contributed by atoms with E-state index >= 15 is 0 Å². The second-order valence-corrected chi connectivity index (χ2v) is 40.2. The van der Waals surface area contributed by atoms with Crippen molar-refractivity contribution in [2.45, 2.75) is 24.7 Å². The highest BCUT2D eigenvalue weighted by atomic mass is 15.2. The molecule has 0 bridgehead atoms. The van der Waals surface area contributed by atoms with Gasteiger partial charge in [0.05, 0.1) is 17.1 Å². The fraction of sp³-hybridized carbons (Fsp3) is 0.143. The molecule has 0 aliphatic carbocycles. The third kappa shape index (κ3) is 9.84. The molecule has 654 valence electrons. The number of nitrogens with zero attached hydrogens (tertiary/aromatic N) is 13. The Kier molecular flexibility index (Phi) is 16.2. The maximum atomic E-state index is 2.57. The van der Waals surface area contributed by atoms with Gasteiger partial charge in [0.25, 0.3) is 26.9 Å². The highest BCUT2D eigenvalue weighted by molar-refractivity contribution is 7.05. The lowest BCUT2D eigenvalue weighted by molar-refractivity contribution is 0.848. The summed E-state index contributed by atoms with van der Waals surface area (Å²) in [6.45, 7) is 3.22. The van der Waals surface area contributed by atoms with Crippen molar-refractivity contribution in [3.05, 3.63) is 366 Å². The topological polar surface area (TPSA) is 42.1 Å². The van der Waals surface area contributed by atoms with Crippen LogP contribution in [0.5, 0.6) is 0 Å². The molecule has 14 heterocycles. The quantitative estimate of drug-likeness (QED) is 0.136. The van der Waals surface area contributed by atoms with E-state index in [0.29, 0.717) is 0 Å². The normalized spacial score (nSPS) is 16.9. The van der Waals surface area contributed by atoms with Gasteiger partial charge in [-0.2, -0.15) is 0 Å². The molecule has 0 amide bonds. The van der Waals surface area contributed by atoms with Gasteiger partial charge in [-0.15, -0.1) is 0 Å². The van der Waals surface area contributed by atoms with Crippen LogP contribution in [0.2, 0.25) is 0 Å². The van der Waals surface area contributed by atoms with Gasteiger partial charge in [0, 0.05) is 262 Å². The summed E-state index contributed by atoms with van der Waals surface area (Å²) in [7, 11) is 29.5. The van der Waals surface area contributed by atoms with Gasteiger partial charge in [-0.1, -0.05) is 219 Å². The zero-order chi connectivity index (χ0) is 91.9. The molecule has 0 spiro atoms. The molecular formula is C119H98B5N13. The number of benzene rings is 17. The van der Waals surface area contributed by atoms with Gasteiger partial charge in [-0.3, -0.25) is 0 Å². The van der Waals surface area contributed by atoms with Crippen LogP contribution in [-0.4, -0.2) is 125 Å². The molecule has 0 aromatic heterocycles. The minimum Gasteiger partial charge on any atom is -0.346 e. The molecule has 3 atom stereocenters. The fourth-order valence-electron chi connectivity index (χ4n) is 28.9. The first-order valence-electron chi connectivity index (χ1n) is 48.7. The molecule has 31 rings (SSSR count). The standard InChI is InChI=1S/C50H41BN6.C35H29B2N3.C34H28B2N4/c1-52-31-19-10-7-16-28(31)40-42-34(52)22-13-24-36(42)55(4)48-44-41-29-17-8-11-20-32(29)53(2)35-23-14-25-37(43(35)41)56(5)49(44)47-50(45(40)48)57(6)39-27-15-26-38-46(39)51(47)30-18-9-12-21-33(30)54(38)3;1-21-22-13-5-6-14-23(22)36-24-15-7-11-19-28(24)39(3)34-31(36)30(21)33-32-35(34)40(4)29-20-12-9-17-26(29)37(32)25-16-8-10-18-27(25)38(33)2;1-37-24-13-7-5-11-21(24)35-23-19-20-30-33(34(23)40(4)29-18-10-15-26(37)31(29)35)36-22-12-6-8-14-25(22)38(2)27-16-9-17-28(32(27)36)39(30)3/h7-27,40-41H,1-6H3;5-21H,1-4H3;5-20H,1-4H3. The predicted octanol–water partition coefficient (Wildman–Crippen LogP) is 15.5. The van der Waals surface area contributed by atoms with Gasteiger partial charge >= 0.3 is 0 Å². The Morgan fingerprint density at radius 1 is 0.146 bits per heavy atom. The van der Waals surface area contributed by atoms with Crippen LogP contribution in [-0.2, 0) is 0 Å². The maximum Gasteiger partial charge on any atom is 0.254 e. The van der Waals surface area contributed by atoms with Gasteiger partial charge < -0.3 is 63.7 Å². The second kappa shape index (κ2) is 28.1. The number of hydrogen-bond donors (Lipinski definition) is 0. The molecule has 0 saturated carbocycles. The molecule has 0 radical (unpaired) electrons. The zero-order valence-electron chi connectivity index (χ0n) is 79.5. The molecular weight excluding hydrogens is 1670 g/mol. The largest absolute Gasteiger partial charge is 0.346 e. The summed E-state index contributed by atoms with van der Waals surface area (Å²) < 4.78 is 0. The van der Waals surface area contributed by atoms with Crippen LogP contribution in [0.25, 0.3) is 0 Å². The van der Waals surface area contributed by atoms with Crippen molar-refractivity contribution >= 4 is 263 Å². The van der Waals surface area contributed by atoms with Gasteiger partial charge in [-0.05, 0) is 214 Å². The van der Waals surface area contributed by atoms with E-state index in [4.69, 9.17) is 0 Å². The molecule has 137 heavy (non-hydrogen) atoms. The Balaban J connectivity index is 0.000000102. The Bertz CT molecular complexity index is 7670. The van der Waals surface area contributed by atoms with E-state index in [1.807, 2.05) is 0 Å². The highest BCUT2D eigenvalue weighted by Crippen LogP contribution is 2.67. The van der Waals surface area contributed by atoms with Gasteiger partial charge in [-0.25, -0.2) is 0 Å². The van der Waals surface area contributed by atoms with Crippen LogP contribution in [0.3, 0.4) is 0 Å². The molecule has 0 saturated heterocycles. The van der Waals surface area contributed by atoms with Gasteiger partial charge in [0.1, 0.15) is 0 Å². The number of rotatable bonds is 0. The highest BCUT2D eigenvalue weighted by Gasteiger charge is 2.57. The monoisotopic (exact) mass is 1760 g/mol. The second-order valence-electron chi connectivity index (χ2n) is 40.2. The lowest BCUT2D eigenvalue weighted by atomic mass is 9.29. The smallest absolute Gasteiger partial charge is 0.254 e. The van der Waals surface area contributed by atoms with Crippen molar-refractivity contribution in [1.29, 1.82) is 0 Å². The van der Waals surface area contributed by atoms with E-state index in [0.717, 1.165) is 0 Å². The van der Waals surface area contributed by atoms with Crippen molar-refractivity contribution < 1.29 is 0 Å². The zero-order valence-corrected chi connectivity index (χ0v) is 79.5. The molecule has 13 nitrogen and oxygen atoms in total. The summed E-state index contributed by atoms with van der Waals surface area (Å²) >= 11 is 0. The molecule has 14 aliphatic heterocycles. The number of fused-ring (bicyclic) bond motifs is 34. The lowest BCUT2D eigenvalue weighted by Gasteiger charge is -2.52. The fourth-order valence-corrected chi connectivity index (χ4v) is 28.9. The van der Waals surface area contributed by atoms with E-state index in [1.54, 1.807) is 0 Å². The van der Waals surface area contributed by atoms with Crippen molar-refractivity contribution in [2.24, 2.45) is 0 Å². The summed E-state index contributed by atoms with van der Waals surface area (Å²) in [5.41, 5.74) is 66.3. The van der Waals surface area contributed by atoms with Gasteiger partial charge in [0.2, 0.25) is 6.71 Å². The van der Waals surface area contributed by atoms with Crippen LogP contribution < -0.4 is 146 Å². The number of hydrogen-bond acceptors (Lipinski definition) is 13. The first kappa shape index (κ1) is 78.9. The SMILES string of the molecule is CC1c2ccccc2B2c3ccccc3N(C)c3c2c1c1c2c3N(C)c3ccccc3B2c2ccccc2N1C.CN1c2ccccc2B2c3c1cccc3N(C)c1c2c2c(c3c1C1c4ccccc4N(C)c4cccc(c41)N3C)C1c3ccccc3N(C)c3cccc(c31)N2C.CN1c2ccccc2B2c3c1cccc3N(C)c1ccc3c(c12)N(C)c1cccc2c1B3c1ccccc1N2C. The van der Waals surface area contributed by atoms with Crippen LogP contribution in [0.1, 0.15) is 69.2 Å². The number of anilines is 26. The molecule has 17 aromatic rings. The van der Waals surface area contributed by atoms with E-state index in [2.05, 4.69) is 484 Å². The first-order chi connectivity index (χ1) is 67.0. The summed E-state index contributed by atoms with van der Waals surface area (Å²) in [5, 5.41) is 0. The third-order valence-corrected chi connectivity index (χ3v) is 34.5. The number of para-hydroxylation sites is 8. The van der Waals surface area contributed by atoms with Crippen molar-refractivity contribution in [1.82, 2.24) is 0 Å². The predicted molar refractivity (Wildman–Crippen MR) is 587 cm³/mol. The Labute approximate surface area is 803 Å². The first-order valence-corrected chi connectivity index (χ1v) is 48.7. The summed E-state index contributed by atoms with van der Waals surface area (Å²) in [6, 6.07) is 121. The minimum atomic E-state index is 0.0333. The van der Waals surface area contributed by atoms with Gasteiger partial charge in [0.15, 0.2) is 0 Å². The third-order valence-electron chi connectivity index (χ3n) is 34.5. The van der Waals surface area contributed by atoms with Crippen LogP contribution in [0.15, 0.2) is 322 Å². The Morgan fingerprint density at radius 3 is 0.818 bits per heavy atom. The van der Waals surface area contributed by atoms with Crippen LogP contribution in [0, 0.1) is 0 Å². The van der Waals surface area contributed by atoms with Crippen LogP contribution >= 0.6 is 0 Å². The molecule has 0 fully saturated rings. The molecule has 18 heteroatoms. The Morgan fingerprint density at radius 2 is 0.387 bits per heavy atom. The van der Waals surface area contributed by atoms with Crippen molar-refractivity contribution in [3.8, 4) is 0 Å². The van der Waals surface area contributed by atoms with E-state index in [-0.39, 0.29) is 51.3 Å². The van der Waals surface area contributed by atoms with E-state index < -0.39 is 0 Å². The molecule has 3 unspecified atom stereocenters. The molecule has 14 aliphatic rings. The molecule has 17 aromatic carbocycles. The molecule has 0 N–H and O–H groups in total. The maximum absolute atomic E-state index is 2.57. The Hall–Kier alpha value is -15.5. The summed E-state index contributed by atoms with van der Waals surface area (Å²) in [5.74, 6) is 0.355. The van der Waals surface area contributed by atoms with Crippen molar-refractivity contribution in [2.75, 3.05) is 155 Å². The minimum absolute atomic E-state index is 0.0333. The lowest BCUT2D eigenvalue weighted by Crippen LogP contribution is -2.67.